The maximum absolute atomic E-state index is 12.6. The van der Waals surface area contributed by atoms with E-state index >= 15 is 0 Å². The summed E-state index contributed by atoms with van der Waals surface area (Å²) in [7, 11) is -4.51. The van der Waals surface area contributed by atoms with E-state index in [4.69, 9.17) is 23.6 Å². The normalized spacial score (nSPS) is 14.7. The molecule has 0 amide bonds. The summed E-state index contributed by atoms with van der Waals surface area (Å²) >= 11 is 0. The Labute approximate surface area is 305 Å². The van der Waals surface area contributed by atoms with Crippen LogP contribution < -0.4 is 0 Å². The van der Waals surface area contributed by atoms with Crippen molar-refractivity contribution in [3.63, 3.8) is 0 Å². The fraction of sp³-hybridized carbons (Fsp3) is 0.775. The molecule has 292 valence electrons. The Kier molecular flexibility index (Phi) is 36.0. The van der Waals surface area contributed by atoms with Crippen LogP contribution in [0.5, 0.6) is 0 Å². The van der Waals surface area contributed by atoms with Gasteiger partial charge in [0.25, 0.3) is 0 Å². The van der Waals surface area contributed by atoms with Crippen molar-refractivity contribution in [2.45, 2.75) is 167 Å². The van der Waals surface area contributed by atoms with Gasteiger partial charge in [-0.1, -0.05) is 146 Å². The highest BCUT2D eigenvalue weighted by molar-refractivity contribution is 7.47. The third kappa shape index (κ3) is 36.2. The van der Waals surface area contributed by atoms with E-state index in [1.165, 1.54) is 44.9 Å². The molecule has 3 unspecified atom stereocenters. The molecule has 50 heavy (non-hydrogen) atoms. The standard InChI is InChI=1S/C40H73O9P/c1-3-5-7-9-11-13-15-16-17-18-19-20-21-22-23-24-26-28-30-32-40(43)49-39(37-48-50(44,45)47-35-38(42)34-41)36-46-33-31-29-27-25-14-12-10-8-6-4-2/h5,7,11,13,16-17,19-20,38-39,41-42H,3-4,6,8-10,12,14-15,18,21-37H2,1-2H3,(H,44,45)/b7-5-,13-11-,17-16-,20-19-. The number of esters is 1. The molecule has 0 aliphatic rings. The molecular weight excluding hydrogens is 655 g/mol. The largest absolute Gasteiger partial charge is 0.472 e. The van der Waals surface area contributed by atoms with Crippen molar-refractivity contribution >= 4 is 13.8 Å². The summed E-state index contributed by atoms with van der Waals surface area (Å²) < 4.78 is 33.2. The first-order chi connectivity index (χ1) is 24.3. The molecule has 0 radical (unpaired) electrons. The van der Waals surface area contributed by atoms with E-state index in [0.29, 0.717) is 13.0 Å². The Morgan fingerprint density at radius 3 is 1.72 bits per heavy atom. The molecule has 3 N–H and O–H groups in total. The van der Waals surface area contributed by atoms with E-state index in [9.17, 15) is 19.4 Å². The molecule has 0 bridgehead atoms. The highest BCUT2D eigenvalue weighted by atomic mass is 31.2. The summed E-state index contributed by atoms with van der Waals surface area (Å²) in [4.78, 5) is 22.5. The van der Waals surface area contributed by atoms with Crippen molar-refractivity contribution in [3.05, 3.63) is 48.6 Å². The zero-order valence-corrected chi connectivity index (χ0v) is 32.5. The number of hydrogen-bond donors (Lipinski definition) is 3. The van der Waals surface area contributed by atoms with E-state index in [0.717, 1.165) is 83.5 Å². The van der Waals surface area contributed by atoms with Gasteiger partial charge >= 0.3 is 13.8 Å². The summed E-state index contributed by atoms with van der Waals surface area (Å²) in [6.07, 6.45) is 39.2. The van der Waals surface area contributed by atoms with Crippen LogP contribution in [0.25, 0.3) is 0 Å². The van der Waals surface area contributed by atoms with E-state index in [1.807, 2.05) is 0 Å². The molecule has 3 atom stereocenters. The van der Waals surface area contributed by atoms with Crippen LogP contribution in [-0.4, -0.2) is 66.3 Å². The number of carbonyl (C=O) groups excluding carboxylic acids is 1. The maximum atomic E-state index is 12.6. The van der Waals surface area contributed by atoms with Crippen molar-refractivity contribution in [1.29, 1.82) is 0 Å². The molecule has 0 aliphatic heterocycles. The second kappa shape index (κ2) is 37.2. The van der Waals surface area contributed by atoms with E-state index in [2.05, 4.69) is 62.5 Å². The molecular formula is C40H73O9P. The van der Waals surface area contributed by atoms with Crippen molar-refractivity contribution in [2.75, 3.05) is 33.0 Å². The molecule has 0 rings (SSSR count). The number of aliphatic hydroxyl groups is 2. The third-order valence-corrected chi connectivity index (χ3v) is 8.98. The molecule has 0 spiro atoms. The Bertz CT molecular complexity index is 919. The quantitative estimate of drug-likeness (QED) is 0.0247. The summed E-state index contributed by atoms with van der Waals surface area (Å²) in [5, 5.41) is 18.3. The second-order valence-electron chi connectivity index (χ2n) is 12.9. The van der Waals surface area contributed by atoms with Gasteiger partial charge in [-0.25, -0.2) is 4.57 Å². The van der Waals surface area contributed by atoms with Crippen LogP contribution in [0.15, 0.2) is 48.6 Å². The number of aliphatic hydroxyl groups excluding tert-OH is 2. The second-order valence-corrected chi connectivity index (χ2v) is 14.4. The summed E-state index contributed by atoms with van der Waals surface area (Å²) in [6.45, 7) is 3.36. The Hall–Kier alpha value is -1.58. The Balaban J connectivity index is 4.21. The predicted molar refractivity (Wildman–Crippen MR) is 205 cm³/mol. The molecule has 9 nitrogen and oxygen atoms in total. The predicted octanol–water partition coefficient (Wildman–Crippen LogP) is 10.2. The first-order valence-corrected chi connectivity index (χ1v) is 21.1. The van der Waals surface area contributed by atoms with Crippen LogP contribution in [0.4, 0.5) is 0 Å². The highest BCUT2D eigenvalue weighted by Gasteiger charge is 2.26. The van der Waals surface area contributed by atoms with Gasteiger partial charge in [-0.2, -0.15) is 0 Å². The van der Waals surface area contributed by atoms with E-state index in [-0.39, 0.29) is 19.6 Å². The van der Waals surface area contributed by atoms with Crippen LogP contribution in [0.1, 0.15) is 155 Å². The zero-order valence-electron chi connectivity index (χ0n) is 31.6. The topological polar surface area (TPSA) is 132 Å². The smallest absolute Gasteiger partial charge is 0.457 e. The van der Waals surface area contributed by atoms with Crippen LogP contribution in [0.3, 0.4) is 0 Å². The van der Waals surface area contributed by atoms with Gasteiger partial charge in [-0.3, -0.25) is 13.8 Å². The summed E-state index contributed by atoms with van der Waals surface area (Å²) in [5.41, 5.74) is 0. The van der Waals surface area contributed by atoms with Gasteiger partial charge in [0.1, 0.15) is 12.2 Å². The third-order valence-electron chi connectivity index (χ3n) is 8.03. The number of hydrogen-bond acceptors (Lipinski definition) is 8. The first-order valence-electron chi connectivity index (χ1n) is 19.6. The fourth-order valence-electron chi connectivity index (χ4n) is 5.05. The summed E-state index contributed by atoms with van der Waals surface area (Å²) in [6, 6.07) is 0. The highest BCUT2D eigenvalue weighted by Crippen LogP contribution is 2.43. The molecule has 0 aromatic heterocycles. The van der Waals surface area contributed by atoms with Crippen molar-refractivity contribution < 1.29 is 43.0 Å². The minimum absolute atomic E-state index is 0.0434. The number of unbranched alkanes of at least 4 members (excludes halogenated alkanes) is 15. The number of rotatable bonds is 37. The number of phosphoric acid groups is 1. The molecule has 0 saturated carbocycles. The first kappa shape index (κ1) is 48.4. The van der Waals surface area contributed by atoms with Gasteiger partial charge in [0, 0.05) is 13.0 Å². The van der Waals surface area contributed by atoms with Gasteiger partial charge in [0.15, 0.2) is 0 Å². The van der Waals surface area contributed by atoms with Gasteiger partial charge < -0.3 is 24.6 Å². The van der Waals surface area contributed by atoms with Gasteiger partial charge in [-0.15, -0.1) is 0 Å². The lowest BCUT2D eigenvalue weighted by atomic mass is 10.1. The molecule has 0 heterocycles. The number of allylic oxidation sites excluding steroid dienone is 8. The average molecular weight is 729 g/mol. The zero-order chi connectivity index (χ0) is 36.8. The van der Waals surface area contributed by atoms with Crippen molar-refractivity contribution in [2.24, 2.45) is 0 Å². The lowest BCUT2D eigenvalue weighted by Crippen LogP contribution is -2.29. The van der Waals surface area contributed by atoms with Crippen molar-refractivity contribution in [1.82, 2.24) is 0 Å². The van der Waals surface area contributed by atoms with Gasteiger partial charge in [-0.05, 0) is 51.4 Å². The lowest BCUT2D eigenvalue weighted by Gasteiger charge is -2.20. The number of phosphoric ester groups is 1. The molecule has 0 saturated heterocycles. The van der Waals surface area contributed by atoms with E-state index in [1.54, 1.807) is 0 Å². The maximum Gasteiger partial charge on any atom is 0.472 e. The number of carbonyl (C=O) groups is 1. The van der Waals surface area contributed by atoms with Crippen LogP contribution >= 0.6 is 7.82 Å². The minimum Gasteiger partial charge on any atom is -0.457 e. The van der Waals surface area contributed by atoms with Crippen LogP contribution in [0, 0.1) is 0 Å². The van der Waals surface area contributed by atoms with E-state index < -0.39 is 39.2 Å². The molecule has 0 fully saturated rings. The number of ether oxygens (including phenoxy) is 2. The van der Waals surface area contributed by atoms with Crippen LogP contribution in [0.2, 0.25) is 0 Å². The molecule has 0 aromatic carbocycles. The molecule has 0 aromatic rings. The lowest BCUT2D eigenvalue weighted by molar-refractivity contribution is -0.154. The van der Waals surface area contributed by atoms with Gasteiger partial charge in [0.05, 0.1) is 26.4 Å². The monoisotopic (exact) mass is 728 g/mol. The van der Waals surface area contributed by atoms with Crippen LogP contribution in [-0.2, 0) is 27.9 Å². The van der Waals surface area contributed by atoms with Gasteiger partial charge in [0.2, 0.25) is 0 Å². The summed E-state index contributed by atoms with van der Waals surface area (Å²) in [5.74, 6) is -0.398. The minimum atomic E-state index is -4.51. The Morgan fingerprint density at radius 1 is 0.640 bits per heavy atom. The molecule has 10 heteroatoms. The van der Waals surface area contributed by atoms with Crippen molar-refractivity contribution in [3.8, 4) is 0 Å². The average Bonchev–Trinajstić information content (AvgIpc) is 3.10. The Morgan fingerprint density at radius 2 is 1.14 bits per heavy atom. The SMILES string of the molecule is CC/C=C\C/C=C\C/C=C\C/C=C\CCCCCCCCC(=O)OC(COCCCCCCCCCCCC)COP(=O)(O)OCC(O)CO. The fourth-order valence-corrected chi connectivity index (χ4v) is 5.84. The molecule has 0 aliphatic carbocycles.